The number of carbonyl (C=O) groups is 4. The van der Waals surface area contributed by atoms with Gasteiger partial charge in [-0.05, 0) is 25.2 Å². The lowest BCUT2D eigenvalue weighted by Crippen LogP contribution is -2.55. The highest BCUT2D eigenvalue weighted by atomic mass is 16.4. The summed E-state index contributed by atoms with van der Waals surface area (Å²) in [6, 6.07) is -3.11. The van der Waals surface area contributed by atoms with Crippen LogP contribution in [0.15, 0.2) is 0 Å². The number of amides is 3. The van der Waals surface area contributed by atoms with Crippen LogP contribution in [0.3, 0.4) is 0 Å². The third kappa shape index (κ3) is 9.14. The third-order valence-corrected chi connectivity index (χ3v) is 4.39. The number of aliphatic carboxylic acids is 1. The van der Waals surface area contributed by atoms with Crippen LogP contribution < -0.4 is 21.7 Å². The zero-order chi connectivity index (χ0) is 22.0. The maximum atomic E-state index is 12.4. The molecule has 0 saturated carbocycles. The molecule has 0 bridgehead atoms. The van der Waals surface area contributed by atoms with Crippen molar-refractivity contribution in [1.82, 2.24) is 16.0 Å². The van der Waals surface area contributed by atoms with E-state index in [1.54, 1.807) is 0 Å². The lowest BCUT2D eigenvalue weighted by Gasteiger charge is -2.24. The molecule has 0 rings (SSSR count). The highest BCUT2D eigenvalue weighted by Crippen LogP contribution is 2.09. The third-order valence-electron chi connectivity index (χ3n) is 4.39. The summed E-state index contributed by atoms with van der Waals surface area (Å²) in [5, 5.41) is 25.4. The minimum absolute atomic E-state index is 0.0537. The van der Waals surface area contributed by atoms with Gasteiger partial charge in [0, 0.05) is 0 Å². The number of aliphatic hydroxyl groups excluding tert-OH is 1. The second-order valence-corrected chi connectivity index (χ2v) is 7.44. The van der Waals surface area contributed by atoms with Crippen LogP contribution in [-0.4, -0.2) is 64.7 Å². The molecule has 3 amide bonds. The number of rotatable bonds is 12. The van der Waals surface area contributed by atoms with Gasteiger partial charge in [0.05, 0.1) is 18.7 Å². The smallest absolute Gasteiger partial charge is 0.328 e. The van der Waals surface area contributed by atoms with E-state index in [0.29, 0.717) is 12.8 Å². The molecular formula is C18H34N4O6. The molecule has 0 radical (unpaired) electrons. The molecule has 10 nitrogen and oxygen atoms in total. The van der Waals surface area contributed by atoms with Gasteiger partial charge in [-0.1, -0.05) is 34.1 Å². The summed E-state index contributed by atoms with van der Waals surface area (Å²) >= 11 is 0. The molecule has 0 saturated heterocycles. The Kier molecular flexibility index (Phi) is 11.3. The van der Waals surface area contributed by atoms with Crippen molar-refractivity contribution in [3.05, 3.63) is 0 Å². The van der Waals surface area contributed by atoms with Crippen molar-refractivity contribution in [3.8, 4) is 0 Å². The maximum Gasteiger partial charge on any atom is 0.328 e. The van der Waals surface area contributed by atoms with Gasteiger partial charge in [0.1, 0.15) is 6.04 Å². The number of carbonyl (C=O) groups excluding carboxylic acids is 3. The fourth-order valence-corrected chi connectivity index (χ4v) is 2.39. The molecule has 0 aromatic heterocycles. The minimum atomic E-state index is -1.48. The Hall–Kier alpha value is -2.20. The van der Waals surface area contributed by atoms with Crippen LogP contribution in [0.5, 0.6) is 0 Å². The topological polar surface area (TPSA) is 171 Å². The molecule has 0 aromatic rings. The van der Waals surface area contributed by atoms with Crippen LogP contribution >= 0.6 is 0 Å². The Morgan fingerprint density at radius 1 is 1.00 bits per heavy atom. The average Bonchev–Trinajstić information content (AvgIpc) is 2.60. The first-order valence-corrected chi connectivity index (χ1v) is 9.44. The number of aliphatic hydroxyl groups is 1. The van der Waals surface area contributed by atoms with Gasteiger partial charge in [-0.15, -0.1) is 0 Å². The summed E-state index contributed by atoms with van der Waals surface area (Å²) in [7, 11) is 0. The van der Waals surface area contributed by atoms with Crippen LogP contribution in [0.4, 0.5) is 0 Å². The summed E-state index contributed by atoms with van der Waals surface area (Å²) in [4.78, 5) is 47.6. The molecule has 0 aliphatic carbocycles. The Morgan fingerprint density at radius 2 is 1.57 bits per heavy atom. The van der Waals surface area contributed by atoms with Crippen molar-refractivity contribution in [2.24, 2.45) is 17.6 Å². The van der Waals surface area contributed by atoms with Gasteiger partial charge in [0.25, 0.3) is 0 Å². The number of carboxylic acids is 1. The van der Waals surface area contributed by atoms with Crippen molar-refractivity contribution in [3.63, 3.8) is 0 Å². The molecule has 0 aliphatic rings. The van der Waals surface area contributed by atoms with Crippen molar-refractivity contribution < 1.29 is 29.4 Å². The molecule has 0 fully saturated rings. The second kappa shape index (κ2) is 12.3. The van der Waals surface area contributed by atoms with E-state index < -0.39 is 54.5 Å². The number of nitrogens with two attached hydrogens (primary N) is 1. The van der Waals surface area contributed by atoms with E-state index in [4.69, 9.17) is 10.8 Å². The van der Waals surface area contributed by atoms with Crippen LogP contribution in [-0.2, 0) is 19.2 Å². The molecule has 0 aliphatic heterocycles. The standard InChI is InChI=1S/C18H34N4O6/c1-6-10(4)14(19)17(26)21-12(7-9(2)3)16(25)20-8-13(24)22-15(11(5)23)18(27)28/h9-12,14-15,23H,6-8,19H2,1-5H3,(H,20,25)(H,21,26)(H,22,24)(H,27,28). The lowest BCUT2D eigenvalue weighted by atomic mass is 9.97. The molecule has 28 heavy (non-hydrogen) atoms. The van der Waals surface area contributed by atoms with Gasteiger partial charge < -0.3 is 31.9 Å². The summed E-state index contributed by atoms with van der Waals surface area (Å²) in [5.74, 6) is -3.14. The zero-order valence-corrected chi connectivity index (χ0v) is 17.2. The van der Waals surface area contributed by atoms with E-state index in [1.165, 1.54) is 6.92 Å². The fourth-order valence-electron chi connectivity index (χ4n) is 2.39. The van der Waals surface area contributed by atoms with E-state index in [-0.39, 0.29) is 11.8 Å². The van der Waals surface area contributed by atoms with Crippen molar-refractivity contribution in [2.45, 2.75) is 71.7 Å². The Labute approximate surface area is 165 Å². The first-order valence-electron chi connectivity index (χ1n) is 9.44. The molecule has 0 spiro atoms. The van der Waals surface area contributed by atoms with E-state index in [1.807, 2.05) is 27.7 Å². The zero-order valence-electron chi connectivity index (χ0n) is 17.2. The highest BCUT2D eigenvalue weighted by Gasteiger charge is 2.28. The van der Waals surface area contributed by atoms with Gasteiger partial charge >= 0.3 is 5.97 Å². The molecule has 7 N–H and O–H groups in total. The molecule has 162 valence electrons. The lowest BCUT2D eigenvalue weighted by molar-refractivity contribution is -0.144. The van der Waals surface area contributed by atoms with Crippen molar-refractivity contribution in [1.29, 1.82) is 0 Å². The largest absolute Gasteiger partial charge is 0.480 e. The summed E-state index contributed by atoms with van der Waals surface area (Å²) in [5.41, 5.74) is 5.90. The van der Waals surface area contributed by atoms with Gasteiger partial charge in [-0.2, -0.15) is 0 Å². The van der Waals surface area contributed by atoms with E-state index in [9.17, 15) is 24.3 Å². The molecule has 10 heteroatoms. The number of nitrogens with one attached hydrogen (secondary N) is 3. The quantitative estimate of drug-likeness (QED) is 0.242. The SMILES string of the molecule is CCC(C)C(N)C(=O)NC(CC(C)C)C(=O)NCC(=O)NC(C(=O)O)C(C)O. The normalized spacial score (nSPS) is 16.4. The first kappa shape index (κ1) is 25.8. The average molecular weight is 402 g/mol. The molecule has 5 unspecified atom stereocenters. The molecule has 0 heterocycles. The highest BCUT2D eigenvalue weighted by molar-refractivity contribution is 5.92. The maximum absolute atomic E-state index is 12.4. The Balaban J connectivity index is 4.88. The van der Waals surface area contributed by atoms with Gasteiger partial charge in [-0.25, -0.2) is 4.79 Å². The molecule has 0 aromatic carbocycles. The van der Waals surface area contributed by atoms with E-state index >= 15 is 0 Å². The number of hydrogen-bond donors (Lipinski definition) is 6. The number of carboxylic acid groups (broad SMARTS) is 1. The van der Waals surface area contributed by atoms with E-state index in [0.717, 1.165) is 0 Å². The molecule has 5 atom stereocenters. The van der Waals surface area contributed by atoms with Crippen LogP contribution in [0, 0.1) is 11.8 Å². The van der Waals surface area contributed by atoms with Crippen LogP contribution in [0.1, 0.15) is 47.5 Å². The van der Waals surface area contributed by atoms with Gasteiger partial charge in [-0.3, -0.25) is 14.4 Å². The van der Waals surface area contributed by atoms with Crippen molar-refractivity contribution in [2.75, 3.05) is 6.54 Å². The second-order valence-electron chi connectivity index (χ2n) is 7.44. The fraction of sp³-hybridized carbons (Fsp3) is 0.778. The van der Waals surface area contributed by atoms with Crippen LogP contribution in [0.2, 0.25) is 0 Å². The monoisotopic (exact) mass is 402 g/mol. The van der Waals surface area contributed by atoms with Gasteiger partial charge in [0.2, 0.25) is 17.7 Å². The Morgan fingerprint density at radius 3 is 2.00 bits per heavy atom. The summed E-state index contributed by atoms with van der Waals surface area (Å²) in [6.07, 6.45) is -0.242. The first-order chi connectivity index (χ1) is 12.9. The summed E-state index contributed by atoms with van der Waals surface area (Å²) in [6.45, 7) is 8.25. The van der Waals surface area contributed by atoms with E-state index in [2.05, 4.69) is 16.0 Å². The molecular weight excluding hydrogens is 368 g/mol. The summed E-state index contributed by atoms with van der Waals surface area (Å²) < 4.78 is 0. The predicted octanol–water partition coefficient (Wildman–Crippen LogP) is -1.04. The van der Waals surface area contributed by atoms with Crippen LogP contribution in [0.25, 0.3) is 0 Å². The van der Waals surface area contributed by atoms with Crippen molar-refractivity contribution >= 4 is 23.7 Å². The minimum Gasteiger partial charge on any atom is -0.480 e. The predicted molar refractivity (Wildman–Crippen MR) is 103 cm³/mol. The number of hydrogen-bond acceptors (Lipinski definition) is 6. The van der Waals surface area contributed by atoms with Gasteiger partial charge in [0.15, 0.2) is 6.04 Å². The Bertz CT molecular complexity index is 552.